The molecule has 1 aliphatic heterocycles. The molecular weight excluding hydrogens is 334 g/mol. The van der Waals surface area contributed by atoms with Gasteiger partial charge in [0, 0.05) is 18.9 Å². The first kappa shape index (κ1) is 15.3. The molecule has 0 amide bonds. The number of ether oxygens (including phenoxy) is 2. The number of anilines is 1. The molecule has 3 aromatic rings. The second-order valence-electron chi connectivity index (χ2n) is 6.67. The summed E-state index contributed by atoms with van der Waals surface area (Å²) in [5.41, 5.74) is 0.800. The van der Waals surface area contributed by atoms with Crippen LogP contribution in [0.1, 0.15) is 31.0 Å². The van der Waals surface area contributed by atoms with E-state index in [-0.39, 0.29) is 6.10 Å². The van der Waals surface area contributed by atoms with Gasteiger partial charge >= 0.3 is 6.01 Å². The lowest BCUT2D eigenvalue weighted by Crippen LogP contribution is -2.26. The van der Waals surface area contributed by atoms with Crippen molar-refractivity contribution in [1.82, 2.24) is 29.8 Å². The van der Waals surface area contributed by atoms with Crippen molar-refractivity contribution in [1.29, 1.82) is 0 Å². The van der Waals surface area contributed by atoms with E-state index in [2.05, 4.69) is 25.1 Å². The van der Waals surface area contributed by atoms with E-state index < -0.39 is 0 Å². The molecule has 5 rings (SSSR count). The maximum atomic E-state index is 5.89. The quantitative estimate of drug-likeness (QED) is 0.681. The van der Waals surface area contributed by atoms with Crippen LogP contribution >= 0.6 is 0 Å². The third-order valence-electron chi connectivity index (χ3n) is 4.80. The topological polar surface area (TPSA) is 90.6 Å². The predicted molar refractivity (Wildman–Crippen MR) is 92.6 cm³/mol. The molecule has 2 fully saturated rings. The highest BCUT2D eigenvalue weighted by Gasteiger charge is 2.30. The summed E-state index contributed by atoms with van der Waals surface area (Å²) in [4.78, 5) is 10.6. The van der Waals surface area contributed by atoms with Crippen molar-refractivity contribution in [3.8, 4) is 11.8 Å². The SMILES string of the molecule is COc1cnc(OC2CCN(c3ccc4nnc(C5CC5)n4n3)C2)nc1. The molecule has 9 heteroatoms. The van der Waals surface area contributed by atoms with Crippen LogP contribution in [-0.2, 0) is 0 Å². The van der Waals surface area contributed by atoms with Crippen molar-refractivity contribution in [3.05, 3.63) is 30.4 Å². The Morgan fingerprint density at radius 2 is 1.92 bits per heavy atom. The van der Waals surface area contributed by atoms with E-state index >= 15 is 0 Å². The van der Waals surface area contributed by atoms with Crippen molar-refractivity contribution >= 4 is 11.5 Å². The van der Waals surface area contributed by atoms with E-state index in [1.807, 2.05) is 16.6 Å². The monoisotopic (exact) mass is 353 g/mol. The Bertz CT molecular complexity index is 923. The normalized spacial score (nSPS) is 19.9. The Labute approximate surface area is 150 Å². The standard InChI is InChI=1S/C17H19N7O2/c1-25-13-8-18-17(19-9-13)26-12-6-7-23(10-12)15-5-4-14-20-21-16(11-2-3-11)24(14)22-15/h4-5,8-9,11-12H,2-3,6-7,10H2,1H3. The molecule has 3 aromatic heterocycles. The Kier molecular flexibility index (Phi) is 3.58. The summed E-state index contributed by atoms with van der Waals surface area (Å²) in [5, 5.41) is 13.3. The Balaban J connectivity index is 1.30. The van der Waals surface area contributed by atoms with Crippen LogP contribution < -0.4 is 14.4 Å². The second-order valence-corrected chi connectivity index (χ2v) is 6.67. The average Bonchev–Trinajstić information content (AvgIpc) is 3.26. The molecule has 1 atom stereocenters. The highest BCUT2D eigenvalue weighted by molar-refractivity contribution is 5.47. The number of nitrogens with zero attached hydrogens (tertiary/aromatic N) is 7. The molecule has 0 spiro atoms. The van der Waals surface area contributed by atoms with Gasteiger partial charge in [0.2, 0.25) is 0 Å². The van der Waals surface area contributed by atoms with E-state index in [4.69, 9.17) is 14.6 Å². The van der Waals surface area contributed by atoms with Crippen molar-refractivity contribution in [3.63, 3.8) is 0 Å². The van der Waals surface area contributed by atoms with Gasteiger partial charge < -0.3 is 14.4 Å². The highest BCUT2D eigenvalue weighted by atomic mass is 16.5. The Morgan fingerprint density at radius 3 is 2.69 bits per heavy atom. The first-order valence-corrected chi connectivity index (χ1v) is 8.80. The van der Waals surface area contributed by atoms with Crippen LogP contribution in [0.2, 0.25) is 0 Å². The molecule has 9 nitrogen and oxygen atoms in total. The minimum absolute atomic E-state index is 0.0321. The zero-order chi connectivity index (χ0) is 17.5. The lowest BCUT2D eigenvalue weighted by Gasteiger charge is -2.17. The zero-order valence-electron chi connectivity index (χ0n) is 14.4. The minimum atomic E-state index is 0.0321. The summed E-state index contributed by atoms with van der Waals surface area (Å²) in [6, 6.07) is 4.34. The number of aromatic nitrogens is 6. The summed E-state index contributed by atoms with van der Waals surface area (Å²) >= 11 is 0. The molecule has 26 heavy (non-hydrogen) atoms. The summed E-state index contributed by atoms with van der Waals surface area (Å²) < 4.78 is 12.8. The fourth-order valence-corrected chi connectivity index (χ4v) is 3.21. The molecular formula is C17H19N7O2. The molecule has 1 saturated carbocycles. The van der Waals surface area contributed by atoms with Crippen LogP contribution in [0.15, 0.2) is 24.5 Å². The molecule has 134 valence electrons. The van der Waals surface area contributed by atoms with Gasteiger partial charge in [0.05, 0.1) is 26.0 Å². The number of methoxy groups -OCH3 is 1. The van der Waals surface area contributed by atoms with Crippen LogP contribution in [0.4, 0.5) is 5.82 Å². The molecule has 0 radical (unpaired) electrons. The summed E-state index contributed by atoms with van der Waals surface area (Å²) in [7, 11) is 1.59. The van der Waals surface area contributed by atoms with Gasteiger partial charge in [-0.2, -0.15) is 14.5 Å². The molecule has 0 aromatic carbocycles. The lowest BCUT2D eigenvalue weighted by molar-refractivity contribution is 0.205. The Morgan fingerprint density at radius 1 is 1.08 bits per heavy atom. The number of hydrogen-bond acceptors (Lipinski definition) is 8. The van der Waals surface area contributed by atoms with Gasteiger partial charge in [-0.05, 0) is 25.0 Å². The van der Waals surface area contributed by atoms with E-state index in [0.717, 1.165) is 36.8 Å². The molecule has 1 aliphatic carbocycles. The molecule has 1 unspecified atom stereocenters. The highest BCUT2D eigenvalue weighted by Crippen LogP contribution is 2.38. The molecule has 1 saturated heterocycles. The smallest absolute Gasteiger partial charge is 0.316 e. The van der Waals surface area contributed by atoms with Crippen LogP contribution in [0.25, 0.3) is 5.65 Å². The molecule has 0 bridgehead atoms. The fourth-order valence-electron chi connectivity index (χ4n) is 3.21. The van der Waals surface area contributed by atoms with Crippen molar-refractivity contribution in [2.24, 2.45) is 0 Å². The van der Waals surface area contributed by atoms with Gasteiger partial charge in [0.25, 0.3) is 0 Å². The maximum absolute atomic E-state index is 5.89. The van der Waals surface area contributed by atoms with Gasteiger partial charge in [-0.1, -0.05) is 0 Å². The summed E-state index contributed by atoms with van der Waals surface area (Å²) in [5.74, 6) is 3.01. The average molecular weight is 353 g/mol. The first-order valence-electron chi connectivity index (χ1n) is 8.80. The van der Waals surface area contributed by atoms with Crippen molar-refractivity contribution < 1.29 is 9.47 Å². The fraction of sp³-hybridized carbons (Fsp3) is 0.471. The predicted octanol–water partition coefficient (Wildman–Crippen LogP) is 1.46. The lowest BCUT2D eigenvalue weighted by atomic mass is 10.3. The zero-order valence-corrected chi connectivity index (χ0v) is 14.4. The van der Waals surface area contributed by atoms with Crippen LogP contribution in [0.5, 0.6) is 11.8 Å². The summed E-state index contributed by atoms with van der Waals surface area (Å²) in [6.45, 7) is 1.62. The van der Waals surface area contributed by atoms with Crippen molar-refractivity contribution in [2.75, 3.05) is 25.1 Å². The van der Waals surface area contributed by atoms with Gasteiger partial charge in [-0.3, -0.25) is 0 Å². The third-order valence-corrected chi connectivity index (χ3v) is 4.80. The van der Waals surface area contributed by atoms with E-state index in [1.165, 1.54) is 12.8 Å². The van der Waals surface area contributed by atoms with E-state index in [1.54, 1.807) is 19.5 Å². The van der Waals surface area contributed by atoms with Gasteiger partial charge in [0.15, 0.2) is 17.2 Å². The third kappa shape index (κ3) is 2.79. The number of rotatable bonds is 5. The first-order chi connectivity index (χ1) is 12.8. The summed E-state index contributed by atoms with van der Waals surface area (Å²) in [6.07, 6.45) is 6.49. The Hall–Kier alpha value is -2.97. The number of fused-ring (bicyclic) bond motifs is 1. The number of hydrogen-bond donors (Lipinski definition) is 0. The van der Waals surface area contributed by atoms with Crippen LogP contribution in [0, 0.1) is 0 Å². The largest absolute Gasteiger partial charge is 0.494 e. The van der Waals surface area contributed by atoms with Crippen molar-refractivity contribution in [2.45, 2.75) is 31.3 Å². The van der Waals surface area contributed by atoms with Gasteiger partial charge in [-0.25, -0.2) is 0 Å². The van der Waals surface area contributed by atoms with Crippen LogP contribution in [-0.4, -0.2) is 56.1 Å². The molecule has 2 aliphatic rings. The minimum Gasteiger partial charge on any atom is -0.494 e. The van der Waals surface area contributed by atoms with E-state index in [0.29, 0.717) is 17.7 Å². The van der Waals surface area contributed by atoms with Gasteiger partial charge in [0.1, 0.15) is 11.9 Å². The second kappa shape index (κ2) is 6.08. The van der Waals surface area contributed by atoms with Gasteiger partial charge in [-0.15, -0.1) is 15.3 Å². The maximum Gasteiger partial charge on any atom is 0.316 e. The van der Waals surface area contributed by atoms with E-state index in [9.17, 15) is 0 Å². The molecule has 4 heterocycles. The molecule has 0 N–H and O–H groups in total. The van der Waals surface area contributed by atoms with Crippen LogP contribution in [0.3, 0.4) is 0 Å².